The molecule has 0 spiro atoms. The van der Waals surface area contributed by atoms with Gasteiger partial charge in [0, 0.05) is 0 Å². The van der Waals surface area contributed by atoms with E-state index in [1.54, 1.807) is 0 Å². The van der Waals surface area contributed by atoms with Crippen LogP contribution in [-0.4, -0.2) is 15.6 Å². The lowest BCUT2D eigenvalue weighted by Gasteiger charge is -2.14. The maximum atomic E-state index is 4.97. The maximum Gasteiger partial charge on any atom is 0.171 e. The van der Waals surface area contributed by atoms with Gasteiger partial charge in [-0.25, -0.2) is 0 Å². The summed E-state index contributed by atoms with van der Waals surface area (Å²) in [5.41, 5.74) is -0.146. The molecule has 1 heterocycles. The highest BCUT2D eigenvalue weighted by molar-refractivity contribution is 7.82. The van der Waals surface area contributed by atoms with Crippen molar-refractivity contribution < 1.29 is 0 Å². The largest absolute Gasteiger partial charge is 0.351 e. The van der Waals surface area contributed by atoms with Gasteiger partial charge in [-0.15, -0.1) is 0 Å². The summed E-state index contributed by atoms with van der Waals surface area (Å²) in [7, 11) is 0. The first-order chi connectivity index (χ1) is 4.02. The van der Waals surface area contributed by atoms with Gasteiger partial charge in [-0.2, -0.15) is 0 Å². The highest BCUT2D eigenvalue weighted by Crippen LogP contribution is 2.08. The molecule has 2 nitrogen and oxygen atoms in total. The fraction of sp³-hybridized carbons (Fsp3) is 0.600. The Morgan fingerprint density at radius 1 is 1.33 bits per heavy atom. The number of hydrogen-bond donors (Lipinski definition) is 2. The van der Waals surface area contributed by atoms with Crippen molar-refractivity contribution in [2.45, 2.75) is 19.4 Å². The molecular weight excluding hydrogens is 152 g/mol. The van der Waals surface area contributed by atoms with E-state index in [4.69, 9.17) is 24.4 Å². The Labute approximate surface area is 65.0 Å². The minimum atomic E-state index is -0.146. The van der Waals surface area contributed by atoms with Crippen molar-refractivity contribution in [2.75, 3.05) is 0 Å². The summed E-state index contributed by atoms with van der Waals surface area (Å²) in [6.07, 6.45) is 0. The van der Waals surface area contributed by atoms with E-state index in [9.17, 15) is 0 Å². The Morgan fingerprint density at radius 2 is 1.89 bits per heavy atom. The molecule has 0 atom stereocenters. The Balaban J connectivity index is 2.81. The topological polar surface area (TPSA) is 24.1 Å². The first kappa shape index (κ1) is 6.89. The molecule has 0 unspecified atom stereocenters. The molecule has 0 saturated carbocycles. The molecule has 0 aromatic heterocycles. The fourth-order valence-corrected chi connectivity index (χ4v) is 1.21. The molecule has 1 aliphatic rings. The van der Waals surface area contributed by atoms with Crippen molar-refractivity contribution in [3.63, 3.8) is 0 Å². The molecule has 0 radical (unpaired) electrons. The van der Waals surface area contributed by atoms with Crippen LogP contribution in [-0.2, 0) is 0 Å². The van der Waals surface area contributed by atoms with Crippen LogP contribution >= 0.6 is 24.4 Å². The van der Waals surface area contributed by atoms with Crippen LogP contribution in [0.15, 0.2) is 0 Å². The molecule has 1 fully saturated rings. The van der Waals surface area contributed by atoms with Gasteiger partial charge in [0.1, 0.15) is 4.99 Å². The molecule has 9 heavy (non-hydrogen) atoms. The summed E-state index contributed by atoms with van der Waals surface area (Å²) in [6, 6.07) is 0. The van der Waals surface area contributed by atoms with Crippen LogP contribution in [0.1, 0.15) is 13.8 Å². The zero-order valence-electron chi connectivity index (χ0n) is 5.32. The number of hydrogen-bond acceptors (Lipinski definition) is 2. The molecule has 50 valence electrons. The van der Waals surface area contributed by atoms with Gasteiger partial charge in [-0.3, -0.25) is 0 Å². The number of rotatable bonds is 0. The lowest BCUT2D eigenvalue weighted by Crippen LogP contribution is -2.38. The number of nitrogens with one attached hydrogen (secondary N) is 2. The minimum Gasteiger partial charge on any atom is -0.351 e. The average Bonchev–Trinajstić information content (AvgIpc) is 1.79. The van der Waals surface area contributed by atoms with Crippen molar-refractivity contribution in [1.82, 2.24) is 10.6 Å². The van der Waals surface area contributed by atoms with E-state index in [2.05, 4.69) is 10.6 Å². The van der Waals surface area contributed by atoms with Gasteiger partial charge in [-0.1, -0.05) is 12.2 Å². The second kappa shape index (κ2) is 1.88. The van der Waals surface area contributed by atoms with Crippen molar-refractivity contribution in [2.24, 2.45) is 0 Å². The van der Waals surface area contributed by atoms with E-state index in [-0.39, 0.29) is 5.54 Å². The quantitative estimate of drug-likeness (QED) is 0.506. The van der Waals surface area contributed by atoms with Crippen LogP contribution in [0.4, 0.5) is 0 Å². The molecule has 2 N–H and O–H groups in total. The first-order valence-electron chi connectivity index (χ1n) is 2.66. The van der Waals surface area contributed by atoms with Crippen molar-refractivity contribution in [3.05, 3.63) is 0 Å². The molecule has 0 bridgehead atoms. The molecule has 1 rings (SSSR count). The summed E-state index contributed by atoms with van der Waals surface area (Å²) >= 11 is 9.81. The Kier molecular flexibility index (Phi) is 1.44. The summed E-state index contributed by atoms with van der Waals surface area (Å²) in [4.78, 5) is 0.771. The zero-order valence-corrected chi connectivity index (χ0v) is 6.95. The summed E-state index contributed by atoms with van der Waals surface area (Å²) in [6.45, 7) is 3.98. The lowest BCUT2D eigenvalue weighted by molar-refractivity contribution is 0.647. The van der Waals surface area contributed by atoms with Gasteiger partial charge in [0.15, 0.2) is 5.11 Å². The smallest absolute Gasteiger partial charge is 0.171 e. The van der Waals surface area contributed by atoms with E-state index in [1.807, 2.05) is 13.8 Å². The van der Waals surface area contributed by atoms with Crippen LogP contribution in [0, 0.1) is 0 Å². The van der Waals surface area contributed by atoms with Crippen molar-refractivity contribution in [3.8, 4) is 0 Å². The van der Waals surface area contributed by atoms with E-state index in [0.29, 0.717) is 5.11 Å². The van der Waals surface area contributed by atoms with Crippen LogP contribution in [0.3, 0.4) is 0 Å². The Morgan fingerprint density at radius 3 is 2.00 bits per heavy atom. The van der Waals surface area contributed by atoms with Crippen molar-refractivity contribution >= 4 is 34.5 Å². The summed E-state index contributed by atoms with van der Waals surface area (Å²) in [5.74, 6) is 0. The third-order valence-electron chi connectivity index (χ3n) is 1.22. The van der Waals surface area contributed by atoms with Gasteiger partial charge in [0.25, 0.3) is 0 Å². The molecule has 1 aliphatic heterocycles. The van der Waals surface area contributed by atoms with E-state index >= 15 is 0 Å². The predicted molar refractivity (Wildman–Crippen MR) is 45.5 cm³/mol. The number of thiocarbonyl (C=S) groups is 2. The standard InChI is InChI=1S/C5H8N2S2/c1-5(2)3(8)6-4(9)7-5/h1-2H3,(H2,6,7,8,9). The predicted octanol–water partition coefficient (Wildman–Crippen LogP) is 0.570. The minimum absolute atomic E-state index is 0.146. The Bertz CT molecular complexity index is 174. The third kappa shape index (κ3) is 1.19. The molecule has 0 aliphatic carbocycles. The van der Waals surface area contributed by atoms with Gasteiger partial charge < -0.3 is 10.6 Å². The fourth-order valence-electron chi connectivity index (χ4n) is 0.631. The van der Waals surface area contributed by atoms with Gasteiger partial charge in [0.2, 0.25) is 0 Å². The van der Waals surface area contributed by atoms with Gasteiger partial charge in [-0.05, 0) is 26.1 Å². The van der Waals surface area contributed by atoms with Crippen LogP contribution in [0.25, 0.3) is 0 Å². The molecular formula is C5H8N2S2. The highest BCUT2D eigenvalue weighted by Gasteiger charge is 2.30. The molecule has 1 saturated heterocycles. The van der Waals surface area contributed by atoms with E-state index in [0.717, 1.165) is 4.99 Å². The molecule has 0 amide bonds. The second-order valence-electron chi connectivity index (χ2n) is 2.53. The monoisotopic (exact) mass is 160 g/mol. The SMILES string of the molecule is CC1(C)NC(=S)NC1=S. The van der Waals surface area contributed by atoms with Crippen LogP contribution in [0.2, 0.25) is 0 Å². The van der Waals surface area contributed by atoms with E-state index in [1.165, 1.54) is 0 Å². The maximum absolute atomic E-state index is 4.97. The average molecular weight is 160 g/mol. The lowest BCUT2D eigenvalue weighted by atomic mass is 10.1. The van der Waals surface area contributed by atoms with Crippen molar-refractivity contribution in [1.29, 1.82) is 0 Å². The molecule has 0 aromatic rings. The van der Waals surface area contributed by atoms with Crippen LogP contribution < -0.4 is 10.6 Å². The molecule has 0 aromatic carbocycles. The Hall–Kier alpha value is -0.220. The summed E-state index contributed by atoms with van der Waals surface area (Å²) in [5, 5.41) is 6.51. The van der Waals surface area contributed by atoms with Gasteiger partial charge >= 0.3 is 0 Å². The summed E-state index contributed by atoms with van der Waals surface area (Å²) < 4.78 is 0. The van der Waals surface area contributed by atoms with Crippen LogP contribution in [0.5, 0.6) is 0 Å². The first-order valence-corrected chi connectivity index (χ1v) is 3.47. The van der Waals surface area contributed by atoms with Gasteiger partial charge in [0.05, 0.1) is 5.54 Å². The molecule has 4 heteroatoms. The highest BCUT2D eigenvalue weighted by atomic mass is 32.1. The van der Waals surface area contributed by atoms with E-state index < -0.39 is 0 Å². The third-order valence-corrected chi connectivity index (χ3v) is 2.04. The normalized spacial score (nSPS) is 23.3. The second-order valence-corrected chi connectivity index (χ2v) is 3.35. The zero-order chi connectivity index (χ0) is 7.07.